The van der Waals surface area contributed by atoms with E-state index in [4.69, 9.17) is 16.3 Å². The fraction of sp³-hybridized carbons (Fsp3) is 0.143. The number of carbonyl (C=O) groups is 1. The van der Waals surface area contributed by atoms with Crippen LogP contribution in [0.4, 0.5) is 0 Å². The highest BCUT2D eigenvalue weighted by molar-refractivity contribution is 6.32. The molecule has 0 saturated carbocycles. The highest BCUT2D eigenvalue weighted by Gasteiger charge is 2.04. The maximum atomic E-state index is 10.6. The lowest BCUT2D eigenvalue weighted by Crippen LogP contribution is -1.99. The number of rotatable bonds is 4. The zero-order chi connectivity index (χ0) is 13.0. The van der Waals surface area contributed by atoms with Crippen molar-refractivity contribution in [1.29, 1.82) is 0 Å². The Morgan fingerprint density at radius 1 is 1.33 bits per heavy atom. The quantitative estimate of drug-likeness (QED) is 0.792. The predicted octanol–water partition coefficient (Wildman–Crippen LogP) is 3.43. The highest BCUT2D eigenvalue weighted by Crippen LogP contribution is 2.25. The fourth-order valence-corrected chi connectivity index (χ4v) is 1.78. The van der Waals surface area contributed by atoms with Gasteiger partial charge in [0.05, 0.1) is 10.7 Å². The van der Waals surface area contributed by atoms with Crippen molar-refractivity contribution in [1.82, 2.24) is 4.98 Å². The first-order valence-corrected chi connectivity index (χ1v) is 5.87. The summed E-state index contributed by atoms with van der Waals surface area (Å²) in [4.78, 5) is 14.9. The van der Waals surface area contributed by atoms with E-state index in [0.29, 0.717) is 22.9 Å². The first-order chi connectivity index (χ1) is 8.69. The number of carbonyl (C=O) groups excluding carboxylic acids is 1. The number of benzene rings is 1. The number of aryl methyl sites for hydroxylation is 1. The smallest absolute Gasteiger partial charge is 0.150 e. The average Bonchev–Trinajstić information content (AvgIpc) is 2.37. The minimum atomic E-state index is 0.349. The van der Waals surface area contributed by atoms with Gasteiger partial charge >= 0.3 is 0 Å². The zero-order valence-electron chi connectivity index (χ0n) is 9.89. The molecule has 0 atom stereocenters. The Balaban J connectivity index is 2.08. The summed E-state index contributed by atoms with van der Waals surface area (Å²) in [6.07, 6.45) is 0.748. The fourth-order valence-electron chi connectivity index (χ4n) is 1.54. The van der Waals surface area contributed by atoms with E-state index >= 15 is 0 Å². The van der Waals surface area contributed by atoms with Crippen molar-refractivity contribution in [3.63, 3.8) is 0 Å². The molecule has 0 fully saturated rings. The third kappa shape index (κ3) is 3.08. The molecule has 0 spiro atoms. The topological polar surface area (TPSA) is 39.2 Å². The van der Waals surface area contributed by atoms with Crippen LogP contribution >= 0.6 is 11.6 Å². The second-order valence-corrected chi connectivity index (χ2v) is 4.27. The Morgan fingerprint density at radius 3 is 2.83 bits per heavy atom. The van der Waals surface area contributed by atoms with E-state index in [9.17, 15) is 4.79 Å². The molecule has 0 bridgehead atoms. The maximum absolute atomic E-state index is 10.6. The number of nitrogens with zero attached hydrogens (tertiary/aromatic N) is 1. The molecule has 2 rings (SSSR count). The third-order valence-electron chi connectivity index (χ3n) is 2.41. The standard InChI is InChI=1S/C14H12ClNO2/c1-10-3-2-4-12(16-10)9-18-14-6-5-11(8-17)7-13(14)15/h2-8H,9H2,1H3. The van der Waals surface area contributed by atoms with Crippen LogP contribution in [-0.4, -0.2) is 11.3 Å². The van der Waals surface area contributed by atoms with Gasteiger partial charge in [0.25, 0.3) is 0 Å². The molecule has 1 aromatic heterocycles. The van der Waals surface area contributed by atoms with Gasteiger partial charge in [-0.15, -0.1) is 0 Å². The second-order valence-electron chi connectivity index (χ2n) is 3.87. The van der Waals surface area contributed by atoms with E-state index in [1.165, 1.54) is 0 Å². The van der Waals surface area contributed by atoms with Crippen molar-refractivity contribution in [2.24, 2.45) is 0 Å². The van der Waals surface area contributed by atoms with Gasteiger partial charge in [-0.3, -0.25) is 9.78 Å². The van der Waals surface area contributed by atoms with Crippen molar-refractivity contribution >= 4 is 17.9 Å². The van der Waals surface area contributed by atoms with Crippen LogP contribution in [0.15, 0.2) is 36.4 Å². The van der Waals surface area contributed by atoms with Gasteiger partial charge in [0.2, 0.25) is 0 Å². The van der Waals surface area contributed by atoms with Gasteiger partial charge in [-0.25, -0.2) is 0 Å². The van der Waals surface area contributed by atoms with Gasteiger partial charge in [-0.1, -0.05) is 17.7 Å². The number of ether oxygens (including phenoxy) is 1. The van der Waals surface area contributed by atoms with Crippen LogP contribution in [0.25, 0.3) is 0 Å². The number of hydrogen-bond acceptors (Lipinski definition) is 3. The summed E-state index contributed by atoms with van der Waals surface area (Å²) in [5.74, 6) is 0.547. The minimum absolute atomic E-state index is 0.349. The normalized spacial score (nSPS) is 10.1. The first kappa shape index (κ1) is 12.6. The molecule has 0 unspecified atom stereocenters. The third-order valence-corrected chi connectivity index (χ3v) is 2.71. The Hall–Kier alpha value is -1.87. The van der Waals surface area contributed by atoms with Crippen LogP contribution < -0.4 is 4.74 Å². The molecule has 0 aliphatic heterocycles. The molecule has 3 nitrogen and oxygen atoms in total. The Morgan fingerprint density at radius 2 is 2.17 bits per heavy atom. The van der Waals surface area contributed by atoms with Crippen molar-refractivity contribution < 1.29 is 9.53 Å². The Labute approximate surface area is 110 Å². The first-order valence-electron chi connectivity index (χ1n) is 5.49. The summed E-state index contributed by atoms with van der Waals surface area (Å²) < 4.78 is 5.57. The lowest BCUT2D eigenvalue weighted by Gasteiger charge is -2.08. The van der Waals surface area contributed by atoms with Crippen LogP contribution in [-0.2, 0) is 6.61 Å². The molecular formula is C14H12ClNO2. The largest absolute Gasteiger partial charge is 0.486 e. The maximum Gasteiger partial charge on any atom is 0.150 e. The number of halogens is 1. The lowest BCUT2D eigenvalue weighted by molar-refractivity contribution is 0.112. The van der Waals surface area contributed by atoms with Gasteiger partial charge in [0, 0.05) is 11.3 Å². The molecular weight excluding hydrogens is 250 g/mol. The highest BCUT2D eigenvalue weighted by atomic mass is 35.5. The van der Waals surface area contributed by atoms with Crippen molar-refractivity contribution in [3.05, 3.63) is 58.4 Å². The van der Waals surface area contributed by atoms with E-state index in [-0.39, 0.29) is 0 Å². The molecule has 1 heterocycles. The molecule has 0 radical (unpaired) electrons. The Bertz CT molecular complexity index is 569. The van der Waals surface area contributed by atoms with Crippen LogP contribution in [0.3, 0.4) is 0 Å². The molecule has 0 aliphatic carbocycles. The monoisotopic (exact) mass is 261 g/mol. The van der Waals surface area contributed by atoms with E-state index in [1.54, 1.807) is 18.2 Å². The van der Waals surface area contributed by atoms with E-state index in [0.717, 1.165) is 17.7 Å². The molecule has 2 aromatic rings. The molecule has 92 valence electrons. The molecule has 0 saturated heterocycles. The summed E-state index contributed by atoms with van der Waals surface area (Å²) in [5, 5.41) is 0.423. The van der Waals surface area contributed by atoms with Gasteiger partial charge in [0.15, 0.2) is 0 Å². The lowest BCUT2D eigenvalue weighted by atomic mass is 10.2. The number of aromatic nitrogens is 1. The summed E-state index contributed by atoms with van der Waals surface area (Å²) in [7, 11) is 0. The molecule has 18 heavy (non-hydrogen) atoms. The number of pyridine rings is 1. The summed E-state index contributed by atoms with van der Waals surface area (Å²) in [5.41, 5.74) is 2.31. The number of aldehydes is 1. The van der Waals surface area contributed by atoms with Crippen molar-refractivity contribution in [2.45, 2.75) is 13.5 Å². The Kier molecular flexibility index (Phi) is 3.95. The minimum Gasteiger partial charge on any atom is -0.486 e. The van der Waals surface area contributed by atoms with E-state index < -0.39 is 0 Å². The SMILES string of the molecule is Cc1cccc(COc2ccc(C=O)cc2Cl)n1. The second kappa shape index (κ2) is 5.65. The predicted molar refractivity (Wildman–Crippen MR) is 70.1 cm³/mol. The van der Waals surface area contributed by atoms with Crippen LogP contribution in [0, 0.1) is 6.92 Å². The summed E-state index contributed by atoms with van der Waals surface area (Å²) in [6, 6.07) is 10.7. The van der Waals surface area contributed by atoms with Crippen molar-refractivity contribution in [2.75, 3.05) is 0 Å². The van der Waals surface area contributed by atoms with Gasteiger partial charge in [0.1, 0.15) is 18.6 Å². The molecule has 0 N–H and O–H groups in total. The van der Waals surface area contributed by atoms with Gasteiger partial charge in [-0.05, 0) is 37.3 Å². The molecule has 0 amide bonds. The van der Waals surface area contributed by atoms with Crippen LogP contribution in [0.1, 0.15) is 21.7 Å². The molecule has 1 aromatic carbocycles. The molecule has 4 heteroatoms. The van der Waals surface area contributed by atoms with Crippen LogP contribution in [0.5, 0.6) is 5.75 Å². The summed E-state index contributed by atoms with van der Waals surface area (Å²) in [6.45, 7) is 2.27. The van der Waals surface area contributed by atoms with Crippen molar-refractivity contribution in [3.8, 4) is 5.75 Å². The van der Waals surface area contributed by atoms with E-state index in [1.807, 2.05) is 25.1 Å². The van der Waals surface area contributed by atoms with E-state index in [2.05, 4.69) is 4.98 Å². The van der Waals surface area contributed by atoms with Gasteiger partial charge < -0.3 is 4.74 Å². The zero-order valence-corrected chi connectivity index (χ0v) is 10.6. The summed E-state index contributed by atoms with van der Waals surface area (Å²) >= 11 is 6.00. The van der Waals surface area contributed by atoms with Gasteiger partial charge in [-0.2, -0.15) is 0 Å². The molecule has 0 aliphatic rings. The van der Waals surface area contributed by atoms with Crippen LogP contribution in [0.2, 0.25) is 5.02 Å². The average molecular weight is 262 g/mol. The number of hydrogen-bond donors (Lipinski definition) is 0.